The Morgan fingerprint density at radius 3 is 1.20 bits per heavy atom. The van der Waals surface area contributed by atoms with Crippen LogP contribution < -0.4 is 9.80 Å². The minimum absolute atomic E-state index is 0.0158. The summed E-state index contributed by atoms with van der Waals surface area (Å²) in [4.78, 5) is 79.0. The summed E-state index contributed by atoms with van der Waals surface area (Å²) < 4.78 is 0. The van der Waals surface area contributed by atoms with E-state index in [2.05, 4.69) is 135 Å². The average Bonchev–Trinajstić information content (AvgIpc) is 1.26. The molecule has 516 valence electrons. The van der Waals surface area contributed by atoms with Crippen molar-refractivity contribution in [3.8, 4) is 34.7 Å². The van der Waals surface area contributed by atoms with Crippen LogP contribution in [0.4, 0.5) is 10.3 Å². The van der Waals surface area contributed by atoms with Gasteiger partial charge in [0.1, 0.15) is 23.3 Å². The predicted molar refractivity (Wildman–Crippen MR) is 390 cm³/mol. The molecule has 4 unspecified atom stereocenters. The summed E-state index contributed by atoms with van der Waals surface area (Å²) in [5.74, 6) is 0.636. The lowest BCUT2D eigenvalue weighted by Gasteiger charge is -2.31. The number of hydrogen-bond donors (Lipinski definition) is 1. The molecule has 0 radical (unpaired) electrons. The Morgan fingerprint density at radius 1 is 0.543 bits per heavy atom. The second kappa shape index (κ2) is 42.0. The molecule has 0 saturated carbocycles. The van der Waals surface area contributed by atoms with Gasteiger partial charge in [0.05, 0.1) is 27.6 Å². The Bertz CT molecular complexity index is 3210. The van der Waals surface area contributed by atoms with Crippen molar-refractivity contribution < 1.29 is 29.1 Å². The highest BCUT2D eigenvalue weighted by molar-refractivity contribution is 7.17. The number of rotatable bonds is 32. The third-order valence-electron chi connectivity index (χ3n) is 17.8. The molecule has 0 bridgehead atoms. The van der Waals surface area contributed by atoms with Gasteiger partial charge in [-0.25, -0.2) is 30.0 Å². The maximum Gasteiger partial charge on any atom is 0.286 e. The van der Waals surface area contributed by atoms with Crippen LogP contribution in [0.15, 0.2) is 64.3 Å². The topological polar surface area (TPSA) is 198 Å². The van der Waals surface area contributed by atoms with Gasteiger partial charge >= 0.3 is 0 Å². The molecule has 0 aliphatic carbocycles. The molecule has 94 heavy (non-hydrogen) atoms. The molecule has 2 aromatic heterocycles. The van der Waals surface area contributed by atoms with Crippen LogP contribution in [0, 0.1) is 74.0 Å². The highest BCUT2D eigenvalue weighted by Crippen LogP contribution is 2.42. The lowest BCUT2D eigenvalue weighted by Crippen LogP contribution is -2.50. The van der Waals surface area contributed by atoms with Crippen molar-refractivity contribution in [3.63, 3.8) is 0 Å². The number of hydrogen-bond acceptors (Lipinski definition) is 16. The third kappa shape index (κ3) is 22.7. The van der Waals surface area contributed by atoms with Gasteiger partial charge in [0.15, 0.2) is 16.5 Å². The summed E-state index contributed by atoms with van der Waals surface area (Å²) in [7, 11) is 6.45. The molecule has 0 fully saturated rings. The molecule has 2 aromatic carbocycles. The Morgan fingerprint density at radius 2 is 0.883 bits per heavy atom. The van der Waals surface area contributed by atoms with Crippen LogP contribution in [0.3, 0.4) is 0 Å². The van der Waals surface area contributed by atoms with Gasteiger partial charge in [0.25, 0.3) is 17.7 Å². The van der Waals surface area contributed by atoms with Gasteiger partial charge in [-0.3, -0.25) is 24.0 Å². The van der Waals surface area contributed by atoms with Gasteiger partial charge in [-0.1, -0.05) is 192 Å². The maximum absolute atomic E-state index is 13.8. The largest absolute Gasteiger partial charge is 0.397 e. The summed E-state index contributed by atoms with van der Waals surface area (Å²) in [6.45, 7) is 35.9. The number of aliphatic hydroxyl groups is 1. The number of benzene rings is 2. The van der Waals surface area contributed by atoms with Crippen LogP contribution in [0.1, 0.15) is 222 Å². The zero-order valence-corrected chi connectivity index (χ0v) is 62.4. The van der Waals surface area contributed by atoms with Crippen molar-refractivity contribution in [1.82, 2.24) is 30.0 Å². The van der Waals surface area contributed by atoms with Gasteiger partial charge < -0.3 is 14.9 Å². The van der Waals surface area contributed by atoms with Gasteiger partial charge in [-0.2, -0.15) is 10.5 Å². The first-order valence-corrected chi connectivity index (χ1v) is 36.3. The van der Waals surface area contributed by atoms with Crippen LogP contribution in [-0.2, 0) is 19.2 Å². The Hall–Kier alpha value is -6.67. The summed E-state index contributed by atoms with van der Waals surface area (Å²) in [6, 6.07) is 16.4. The molecule has 0 spiro atoms. The first-order chi connectivity index (χ1) is 44.9. The fourth-order valence-corrected chi connectivity index (χ4v) is 14.0. The van der Waals surface area contributed by atoms with E-state index in [1.165, 1.54) is 111 Å². The molecule has 4 aromatic rings. The van der Waals surface area contributed by atoms with E-state index in [4.69, 9.17) is 20.3 Å². The summed E-state index contributed by atoms with van der Waals surface area (Å²) >= 11 is 3.19. The number of unbranched alkanes of at least 4 members (excludes halogenated alkanes) is 4. The highest BCUT2D eigenvalue weighted by atomic mass is 32.1. The number of nitriles is 2. The van der Waals surface area contributed by atoms with Crippen LogP contribution in [0.5, 0.6) is 0 Å². The van der Waals surface area contributed by atoms with E-state index in [1.807, 2.05) is 12.1 Å². The molecule has 4 heterocycles. The second-order valence-corrected chi connectivity index (χ2v) is 27.6. The maximum atomic E-state index is 13.8. The van der Waals surface area contributed by atoms with E-state index < -0.39 is 17.7 Å². The van der Waals surface area contributed by atoms with Crippen molar-refractivity contribution >= 4 is 68.9 Å². The number of nitrogens with zero attached hydrogens (tertiary/aromatic N) is 10. The number of carbonyl (C=O) groups excluding carboxylic acids is 5. The van der Waals surface area contributed by atoms with Crippen molar-refractivity contribution in [2.75, 3.05) is 70.8 Å². The number of aldehydes is 1. The molecule has 0 saturated heterocycles. The minimum Gasteiger partial charge on any atom is -0.397 e. The molecule has 4 amide bonds. The fraction of sp³-hybridized carbons (Fsp3) is 0.592. The van der Waals surface area contributed by atoms with Gasteiger partial charge in [0.2, 0.25) is 5.91 Å². The molecule has 18 heteroatoms. The molecule has 2 aliphatic rings. The molecule has 4 atom stereocenters. The third-order valence-corrected chi connectivity index (χ3v) is 20.0. The number of imide groups is 2. The monoisotopic (exact) mass is 1330 g/mol. The number of anilines is 2. The number of thiazole rings is 2. The molecule has 6 rings (SSSR count). The summed E-state index contributed by atoms with van der Waals surface area (Å²) in [5, 5.41) is 33.0. The van der Waals surface area contributed by atoms with Crippen LogP contribution in [-0.4, -0.2) is 126 Å². The van der Waals surface area contributed by atoms with Gasteiger partial charge in [-0.15, -0.1) is 0 Å². The molecular formula is C76H114N10O6S2. The van der Waals surface area contributed by atoms with E-state index in [0.29, 0.717) is 40.4 Å². The number of hydrazine groups is 2. The van der Waals surface area contributed by atoms with Gasteiger partial charge in [-0.05, 0) is 137 Å². The van der Waals surface area contributed by atoms with Crippen molar-refractivity contribution in [1.29, 1.82) is 10.5 Å². The first-order valence-electron chi connectivity index (χ1n) is 34.6. The van der Waals surface area contributed by atoms with Crippen molar-refractivity contribution in [3.05, 3.63) is 96.3 Å². The van der Waals surface area contributed by atoms with E-state index in [9.17, 15) is 29.2 Å². The molecule has 1 N–H and O–H groups in total. The zero-order valence-electron chi connectivity index (χ0n) is 60.8. The number of aryl methyl sites for hydroxylation is 4. The van der Waals surface area contributed by atoms with Crippen molar-refractivity contribution in [2.45, 2.75) is 213 Å². The number of amides is 4. The zero-order chi connectivity index (χ0) is 70.4. The minimum atomic E-state index is -0.594. The summed E-state index contributed by atoms with van der Waals surface area (Å²) in [5.41, 5.74) is 9.83. The Kier molecular flexibility index (Phi) is 36.4. The smallest absolute Gasteiger partial charge is 0.286 e. The van der Waals surface area contributed by atoms with E-state index in [-0.39, 0.29) is 30.1 Å². The number of aromatic nitrogens is 2. The molecular weight excluding hydrogens is 1210 g/mol. The Balaban J connectivity index is 0.000000405. The number of aliphatic hydroxyl groups excluding tert-OH is 1. The lowest BCUT2D eigenvalue weighted by molar-refractivity contribution is -0.158. The standard InChI is InChI=1S/C37H53N5O2S.C28H44N2OS.C9H11N3O2.C2H6O/c1-10-14-19-28(12-3)23-41(24-29(13-4)20-15-11-2)37-39-34(33-25(5)17-16-18-26(33)6)32(45-37)21-30-27(7)31(22-38)36(44)42(35(30)43)40(8)9;1-7-11-16-23(9-3)18-30(19-24(10-4)17-12-8-2)28-29-27(25(20-31)32-28)26-21(5)14-13-15-22(26)6;1-6-4-8(13)12(11(2)3)9(14)7(6)5-10;1-2-3/h16-18,21,28-29H,10-15,19-20,23-24H2,1-9H3;13-15,20,23-24H,7-12,16-19H2,1-6H3;4H2,1-3H3;3H,2H2,1H3/b30-21-;;;. The SMILES string of the molecule is CC1=C(C#N)C(=O)N(N(C)C)C(=O)C1.CCCCC(CC)CN(CC(CC)CCCC)c1nc(-c2c(C)cccc2C)c(/C=C2\C(=O)N(N(C)C)C(=O)C(C#N)=C2C)s1.CCCCC(CC)CN(CC(CC)CCCC)c1nc(-c2c(C)cccc2C)c(C=O)s1.CCO. The molecule has 2 aliphatic heterocycles. The van der Waals surface area contributed by atoms with Crippen LogP contribution >= 0.6 is 22.7 Å². The van der Waals surface area contributed by atoms with E-state index in [0.717, 1.165) is 109 Å². The lowest BCUT2D eigenvalue weighted by atomic mass is 9.94. The quantitative estimate of drug-likeness (QED) is 0.0275. The normalized spacial score (nSPS) is 15.0. The highest BCUT2D eigenvalue weighted by Gasteiger charge is 2.38. The molecule has 16 nitrogen and oxygen atoms in total. The van der Waals surface area contributed by atoms with E-state index >= 15 is 0 Å². The summed E-state index contributed by atoms with van der Waals surface area (Å²) in [6.07, 6.45) is 22.4. The first kappa shape index (κ1) is 81.6. The van der Waals surface area contributed by atoms with E-state index in [1.54, 1.807) is 71.6 Å². The predicted octanol–water partition coefficient (Wildman–Crippen LogP) is 17.3. The van der Waals surface area contributed by atoms with Crippen molar-refractivity contribution in [2.24, 2.45) is 23.7 Å². The Labute approximate surface area is 573 Å². The average molecular weight is 1330 g/mol. The van der Waals surface area contributed by atoms with Crippen LogP contribution in [0.2, 0.25) is 0 Å². The fourth-order valence-electron chi connectivity index (χ4n) is 12.1. The number of carbonyl (C=O) groups is 5. The van der Waals surface area contributed by atoms with Crippen LogP contribution in [0.25, 0.3) is 28.6 Å². The second-order valence-electron chi connectivity index (χ2n) is 25.6. The van der Waals surface area contributed by atoms with Gasteiger partial charge in [0, 0.05) is 77.7 Å².